The summed E-state index contributed by atoms with van der Waals surface area (Å²) in [5.74, 6) is -0.113. The highest BCUT2D eigenvalue weighted by Crippen LogP contribution is 2.29. The molecule has 0 saturated heterocycles. The van der Waals surface area contributed by atoms with Crippen molar-refractivity contribution < 1.29 is 33.0 Å². The van der Waals surface area contributed by atoms with E-state index in [1.54, 1.807) is 25.1 Å². The van der Waals surface area contributed by atoms with Crippen LogP contribution in [0.5, 0.6) is 5.75 Å². The highest BCUT2D eigenvalue weighted by atomic mass is 16.6. The van der Waals surface area contributed by atoms with Crippen LogP contribution >= 0.6 is 0 Å². The van der Waals surface area contributed by atoms with Crippen molar-refractivity contribution in [3.63, 3.8) is 0 Å². The maximum Gasteiger partial charge on any atom is 0.343 e. The number of fused-ring (bicyclic) bond motifs is 1. The first-order valence-corrected chi connectivity index (χ1v) is 6.95. The van der Waals surface area contributed by atoms with Crippen molar-refractivity contribution in [2.45, 2.75) is 6.92 Å². The number of benzene rings is 1. The van der Waals surface area contributed by atoms with Crippen LogP contribution in [0.4, 0.5) is 0 Å². The van der Waals surface area contributed by atoms with Gasteiger partial charge in [0.25, 0.3) is 0 Å². The first-order chi connectivity index (χ1) is 11.1. The Bertz CT molecular complexity index is 702. The lowest BCUT2D eigenvalue weighted by Gasteiger charge is -2.05. The largest absolute Gasteiger partial charge is 0.482 e. The Morgan fingerprint density at radius 3 is 2.65 bits per heavy atom. The molecule has 0 fully saturated rings. The fourth-order valence-electron chi connectivity index (χ4n) is 2.03. The van der Waals surface area contributed by atoms with E-state index in [4.69, 9.17) is 18.6 Å². The van der Waals surface area contributed by atoms with Crippen LogP contribution in [0.15, 0.2) is 22.6 Å². The zero-order chi connectivity index (χ0) is 16.8. The zero-order valence-electron chi connectivity index (χ0n) is 13.2. The molecule has 0 spiro atoms. The molecule has 0 bridgehead atoms. The molecule has 1 heterocycles. The van der Waals surface area contributed by atoms with Crippen molar-refractivity contribution in [1.29, 1.82) is 0 Å². The Morgan fingerprint density at radius 2 is 1.96 bits per heavy atom. The van der Waals surface area contributed by atoms with E-state index >= 15 is 0 Å². The van der Waals surface area contributed by atoms with E-state index in [0.717, 1.165) is 0 Å². The SMILES string of the molecule is COCCOC(=O)c1c(C)oc2ccc(OCC(=O)OC)cc12. The second-order valence-corrected chi connectivity index (χ2v) is 4.68. The predicted octanol–water partition coefficient (Wildman–Crippen LogP) is 2.10. The number of ether oxygens (including phenoxy) is 4. The monoisotopic (exact) mass is 322 g/mol. The highest BCUT2D eigenvalue weighted by molar-refractivity contribution is 6.04. The van der Waals surface area contributed by atoms with Crippen LogP contribution in [0, 0.1) is 6.92 Å². The number of furan rings is 1. The summed E-state index contributed by atoms with van der Waals surface area (Å²) in [5, 5.41) is 0.562. The summed E-state index contributed by atoms with van der Waals surface area (Å²) in [6.45, 7) is 1.93. The van der Waals surface area contributed by atoms with Gasteiger partial charge < -0.3 is 23.4 Å². The fraction of sp³-hybridized carbons (Fsp3) is 0.375. The standard InChI is InChI=1S/C16H18O7/c1-10-15(16(18)21-7-6-19-2)12-8-11(4-5-13(12)23-10)22-9-14(17)20-3/h4-5,8H,6-7,9H2,1-3H3. The van der Waals surface area contributed by atoms with Crippen LogP contribution in [0.25, 0.3) is 11.0 Å². The predicted molar refractivity (Wildman–Crippen MR) is 80.6 cm³/mol. The number of hydrogen-bond donors (Lipinski definition) is 0. The second kappa shape index (κ2) is 7.64. The summed E-state index contributed by atoms with van der Waals surface area (Å²) < 4.78 is 25.4. The lowest BCUT2D eigenvalue weighted by Crippen LogP contribution is -2.12. The average Bonchev–Trinajstić information content (AvgIpc) is 2.87. The topological polar surface area (TPSA) is 84.2 Å². The minimum Gasteiger partial charge on any atom is -0.482 e. The molecule has 0 aliphatic rings. The van der Waals surface area contributed by atoms with E-state index in [1.807, 2.05) is 0 Å². The normalized spacial score (nSPS) is 10.6. The molecule has 0 atom stereocenters. The summed E-state index contributed by atoms with van der Waals surface area (Å²) in [6, 6.07) is 4.94. The Hall–Kier alpha value is -2.54. The minimum absolute atomic E-state index is 0.153. The van der Waals surface area contributed by atoms with Gasteiger partial charge >= 0.3 is 11.9 Å². The third-order valence-electron chi connectivity index (χ3n) is 3.14. The molecule has 0 radical (unpaired) electrons. The summed E-state index contributed by atoms with van der Waals surface area (Å²) in [4.78, 5) is 23.3. The van der Waals surface area contributed by atoms with Gasteiger partial charge in [0.1, 0.15) is 29.3 Å². The van der Waals surface area contributed by atoms with Gasteiger partial charge in [0.05, 0.1) is 13.7 Å². The van der Waals surface area contributed by atoms with Gasteiger partial charge in [-0.25, -0.2) is 9.59 Å². The summed E-state index contributed by atoms with van der Waals surface area (Å²) >= 11 is 0. The first kappa shape index (κ1) is 16.8. The molecule has 0 aliphatic heterocycles. The van der Waals surface area contributed by atoms with E-state index in [2.05, 4.69) is 4.74 Å². The van der Waals surface area contributed by atoms with Gasteiger partial charge in [0.2, 0.25) is 0 Å². The summed E-state index contributed by atoms with van der Waals surface area (Å²) in [7, 11) is 2.81. The van der Waals surface area contributed by atoms with E-state index < -0.39 is 11.9 Å². The molecule has 0 unspecified atom stereocenters. The maximum atomic E-state index is 12.2. The van der Waals surface area contributed by atoms with Gasteiger partial charge in [-0.1, -0.05) is 0 Å². The Morgan fingerprint density at radius 1 is 1.17 bits per heavy atom. The van der Waals surface area contributed by atoms with Crippen LogP contribution in [0.1, 0.15) is 16.1 Å². The molecule has 0 saturated carbocycles. The lowest BCUT2D eigenvalue weighted by molar-refractivity contribution is -0.142. The molecule has 1 aromatic carbocycles. The van der Waals surface area contributed by atoms with Crippen LogP contribution in [-0.2, 0) is 19.0 Å². The quantitative estimate of drug-likeness (QED) is 0.570. The lowest BCUT2D eigenvalue weighted by atomic mass is 10.1. The van der Waals surface area contributed by atoms with Crippen LogP contribution in [0.3, 0.4) is 0 Å². The number of aryl methyl sites for hydroxylation is 1. The van der Waals surface area contributed by atoms with Gasteiger partial charge in [-0.15, -0.1) is 0 Å². The van der Waals surface area contributed by atoms with Crippen molar-refractivity contribution in [3.8, 4) is 5.75 Å². The van der Waals surface area contributed by atoms with Crippen LogP contribution in [-0.4, -0.2) is 46.0 Å². The van der Waals surface area contributed by atoms with Gasteiger partial charge in [0, 0.05) is 12.5 Å². The van der Waals surface area contributed by atoms with E-state index in [1.165, 1.54) is 14.2 Å². The molecule has 23 heavy (non-hydrogen) atoms. The van der Waals surface area contributed by atoms with Crippen molar-refractivity contribution in [2.75, 3.05) is 34.0 Å². The van der Waals surface area contributed by atoms with E-state index in [0.29, 0.717) is 34.6 Å². The molecule has 2 aromatic rings. The van der Waals surface area contributed by atoms with Gasteiger partial charge in [0.15, 0.2) is 6.61 Å². The molecule has 124 valence electrons. The molecular formula is C16H18O7. The summed E-state index contributed by atoms with van der Waals surface area (Å²) in [6.07, 6.45) is 0. The van der Waals surface area contributed by atoms with Gasteiger partial charge in [-0.3, -0.25) is 0 Å². The highest BCUT2D eigenvalue weighted by Gasteiger charge is 2.20. The molecule has 2 rings (SSSR count). The molecule has 0 N–H and O–H groups in total. The Balaban J connectivity index is 2.24. The summed E-state index contributed by atoms with van der Waals surface area (Å²) in [5.41, 5.74) is 0.867. The molecule has 7 heteroatoms. The van der Waals surface area contributed by atoms with Gasteiger partial charge in [-0.2, -0.15) is 0 Å². The van der Waals surface area contributed by atoms with Crippen LogP contribution < -0.4 is 4.74 Å². The van der Waals surface area contributed by atoms with Crippen molar-refractivity contribution >= 4 is 22.9 Å². The number of hydrogen-bond acceptors (Lipinski definition) is 7. The van der Waals surface area contributed by atoms with Gasteiger partial charge in [-0.05, 0) is 25.1 Å². The number of carbonyl (C=O) groups is 2. The fourth-order valence-corrected chi connectivity index (χ4v) is 2.03. The number of carbonyl (C=O) groups excluding carboxylic acids is 2. The minimum atomic E-state index is -0.497. The molecule has 1 aromatic heterocycles. The maximum absolute atomic E-state index is 12.2. The Kier molecular flexibility index (Phi) is 5.59. The van der Waals surface area contributed by atoms with Crippen molar-refractivity contribution in [3.05, 3.63) is 29.5 Å². The Labute approximate surface area is 133 Å². The molecular weight excluding hydrogens is 304 g/mol. The van der Waals surface area contributed by atoms with E-state index in [-0.39, 0.29) is 13.2 Å². The van der Waals surface area contributed by atoms with Crippen molar-refractivity contribution in [1.82, 2.24) is 0 Å². The second-order valence-electron chi connectivity index (χ2n) is 4.68. The number of methoxy groups -OCH3 is 2. The molecule has 7 nitrogen and oxygen atoms in total. The van der Waals surface area contributed by atoms with Crippen LogP contribution in [0.2, 0.25) is 0 Å². The number of rotatable bonds is 7. The molecule has 0 amide bonds. The number of esters is 2. The third-order valence-corrected chi connectivity index (χ3v) is 3.14. The molecule has 0 aliphatic carbocycles. The zero-order valence-corrected chi connectivity index (χ0v) is 13.2. The third kappa shape index (κ3) is 4.01. The van der Waals surface area contributed by atoms with E-state index in [9.17, 15) is 9.59 Å². The smallest absolute Gasteiger partial charge is 0.343 e. The average molecular weight is 322 g/mol. The first-order valence-electron chi connectivity index (χ1n) is 6.95. The van der Waals surface area contributed by atoms with Crippen molar-refractivity contribution in [2.24, 2.45) is 0 Å².